The second-order valence-electron chi connectivity index (χ2n) is 7.71. The largest absolute Gasteiger partial charge is 0.494 e. The van der Waals surface area contributed by atoms with E-state index in [0.717, 1.165) is 10.8 Å². The summed E-state index contributed by atoms with van der Waals surface area (Å²) in [5.74, 6) is 0.794. The molecule has 10 heteroatoms. The number of hydrogen-bond donors (Lipinski definition) is 1. The standard InChI is InChI=1S/C26H27BrN4O5/c1-5-35-18-9-7-17-8-10-23(36-6-2)21(19(17)11-18)13-29-30-24(32)14-31-16(3)25(27)22(15-34-4)20(12-28)26(31)33/h7-11,13H,5-6,14-15H2,1-4H3,(H,30,32)/b29-13-. The minimum atomic E-state index is -0.569. The fraction of sp³-hybridized carbons (Fsp3) is 0.308. The molecular weight excluding hydrogens is 528 g/mol. The summed E-state index contributed by atoms with van der Waals surface area (Å²) in [6, 6.07) is 11.4. The number of rotatable bonds is 10. The maximum Gasteiger partial charge on any atom is 0.269 e. The summed E-state index contributed by atoms with van der Waals surface area (Å²) in [6.45, 7) is 6.25. The molecule has 0 aliphatic carbocycles. The number of hydrazone groups is 1. The van der Waals surface area contributed by atoms with Crippen molar-refractivity contribution < 1.29 is 19.0 Å². The zero-order chi connectivity index (χ0) is 26.2. The first-order chi connectivity index (χ1) is 17.4. The number of carbonyl (C=O) groups excluding carboxylic acids is 1. The quantitative estimate of drug-likeness (QED) is 0.298. The summed E-state index contributed by atoms with van der Waals surface area (Å²) in [4.78, 5) is 25.5. The van der Waals surface area contributed by atoms with E-state index in [9.17, 15) is 14.9 Å². The van der Waals surface area contributed by atoms with E-state index >= 15 is 0 Å². The first kappa shape index (κ1) is 26.9. The molecule has 3 rings (SSSR count). The highest BCUT2D eigenvalue weighted by molar-refractivity contribution is 9.10. The van der Waals surface area contributed by atoms with Crippen LogP contribution in [0.4, 0.5) is 0 Å². The monoisotopic (exact) mass is 554 g/mol. The SMILES string of the molecule is CCOc1ccc2ccc(OCC)c(/C=N\NC(=O)Cn3c(C)c(Br)c(COC)c(C#N)c3=O)c2c1. The van der Waals surface area contributed by atoms with E-state index in [1.165, 1.54) is 17.9 Å². The highest BCUT2D eigenvalue weighted by atomic mass is 79.9. The zero-order valence-electron chi connectivity index (χ0n) is 20.6. The maximum absolute atomic E-state index is 12.9. The second-order valence-corrected chi connectivity index (χ2v) is 8.50. The smallest absolute Gasteiger partial charge is 0.269 e. The number of aromatic nitrogens is 1. The van der Waals surface area contributed by atoms with E-state index in [2.05, 4.69) is 26.5 Å². The third kappa shape index (κ3) is 5.75. The van der Waals surface area contributed by atoms with Gasteiger partial charge in [-0.2, -0.15) is 10.4 Å². The van der Waals surface area contributed by atoms with E-state index in [-0.39, 0.29) is 18.7 Å². The highest BCUT2D eigenvalue weighted by Crippen LogP contribution is 2.30. The molecule has 36 heavy (non-hydrogen) atoms. The Kier molecular flexibility index (Phi) is 9.22. The van der Waals surface area contributed by atoms with Gasteiger partial charge in [-0.3, -0.25) is 9.59 Å². The number of nitrogens with one attached hydrogen (secondary N) is 1. The summed E-state index contributed by atoms with van der Waals surface area (Å²) in [5.41, 5.74) is 3.45. The van der Waals surface area contributed by atoms with Gasteiger partial charge >= 0.3 is 0 Å². The number of pyridine rings is 1. The Balaban J connectivity index is 1.90. The van der Waals surface area contributed by atoms with Gasteiger partial charge in [0, 0.05) is 28.4 Å². The van der Waals surface area contributed by atoms with Gasteiger partial charge in [-0.05, 0) is 65.7 Å². The van der Waals surface area contributed by atoms with E-state index < -0.39 is 11.5 Å². The van der Waals surface area contributed by atoms with Gasteiger partial charge < -0.3 is 18.8 Å². The number of methoxy groups -OCH3 is 1. The maximum atomic E-state index is 12.9. The van der Waals surface area contributed by atoms with Gasteiger partial charge in [-0.25, -0.2) is 5.43 Å². The molecule has 3 aromatic rings. The Morgan fingerprint density at radius 3 is 2.61 bits per heavy atom. The first-order valence-electron chi connectivity index (χ1n) is 11.3. The van der Waals surface area contributed by atoms with Crippen LogP contribution in [-0.2, 0) is 22.7 Å². The number of hydrogen-bond acceptors (Lipinski definition) is 7. The van der Waals surface area contributed by atoms with E-state index in [4.69, 9.17) is 14.2 Å². The molecule has 1 aromatic heterocycles. The van der Waals surface area contributed by atoms with Gasteiger partial charge in [0.1, 0.15) is 29.7 Å². The van der Waals surface area contributed by atoms with Crippen molar-refractivity contribution in [1.29, 1.82) is 5.26 Å². The van der Waals surface area contributed by atoms with E-state index in [1.807, 2.05) is 50.2 Å². The Bertz CT molecular complexity index is 1400. The lowest BCUT2D eigenvalue weighted by molar-refractivity contribution is -0.121. The van der Waals surface area contributed by atoms with E-state index in [0.29, 0.717) is 46.0 Å². The molecule has 0 saturated heterocycles. The fourth-order valence-corrected chi connectivity index (χ4v) is 4.30. The summed E-state index contributed by atoms with van der Waals surface area (Å²) >= 11 is 3.42. The number of nitrogens with zero attached hydrogens (tertiary/aromatic N) is 3. The Morgan fingerprint density at radius 2 is 1.94 bits per heavy atom. The summed E-state index contributed by atoms with van der Waals surface area (Å²) < 4.78 is 18.3. The Morgan fingerprint density at radius 1 is 1.22 bits per heavy atom. The predicted molar refractivity (Wildman–Crippen MR) is 141 cm³/mol. The van der Waals surface area contributed by atoms with Gasteiger partial charge in [0.15, 0.2) is 0 Å². The molecule has 9 nitrogen and oxygen atoms in total. The Labute approximate surface area is 217 Å². The summed E-state index contributed by atoms with van der Waals surface area (Å²) in [6.07, 6.45) is 1.51. The molecule has 1 amide bonds. The van der Waals surface area contributed by atoms with Crippen LogP contribution in [-0.4, -0.2) is 37.0 Å². The zero-order valence-corrected chi connectivity index (χ0v) is 22.1. The second kappa shape index (κ2) is 12.3. The molecule has 0 saturated carbocycles. The third-order valence-corrected chi connectivity index (χ3v) is 6.49. The number of nitriles is 1. The van der Waals surface area contributed by atoms with Crippen LogP contribution in [0.25, 0.3) is 10.8 Å². The number of benzene rings is 2. The molecule has 1 heterocycles. The number of halogens is 1. The summed E-state index contributed by atoms with van der Waals surface area (Å²) in [7, 11) is 1.48. The van der Waals surface area contributed by atoms with Crippen LogP contribution < -0.4 is 20.5 Å². The first-order valence-corrected chi connectivity index (χ1v) is 12.1. The Hall–Kier alpha value is -3.68. The molecular formula is C26H27BrN4O5. The van der Waals surface area contributed by atoms with Crippen molar-refractivity contribution in [2.75, 3.05) is 20.3 Å². The average Bonchev–Trinajstić information content (AvgIpc) is 2.87. The van der Waals surface area contributed by atoms with Gasteiger partial charge in [-0.15, -0.1) is 0 Å². The van der Waals surface area contributed by atoms with Crippen LogP contribution in [0.5, 0.6) is 11.5 Å². The van der Waals surface area contributed by atoms with Gasteiger partial charge in [0.2, 0.25) is 0 Å². The highest BCUT2D eigenvalue weighted by Gasteiger charge is 2.19. The van der Waals surface area contributed by atoms with Crippen molar-refractivity contribution in [3.05, 3.63) is 67.5 Å². The molecule has 0 spiro atoms. The molecule has 0 radical (unpaired) electrons. The van der Waals surface area contributed by atoms with Crippen molar-refractivity contribution in [2.45, 2.75) is 33.9 Å². The third-order valence-electron chi connectivity index (χ3n) is 5.44. The van der Waals surface area contributed by atoms with Crippen LogP contribution in [0.1, 0.15) is 36.2 Å². The number of carbonyl (C=O) groups is 1. The molecule has 0 atom stereocenters. The minimum absolute atomic E-state index is 0.0761. The normalized spacial score (nSPS) is 11.0. The van der Waals surface area contributed by atoms with Crippen LogP contribution in [0.2, 0.25) is 0 Å². The van der Waals surface area contributed by atoms with Crippen LogP contribution in [0.15, 0.2) is 44.7 Å². The van der Waals surface area contributed by atoms with Gasteiger partial charge in [-0.1, -0.05) is 12.1 Å². The minimum Gasteiger partial charge on any atom is -0.494 e. The molecule has 0 bridgehead atoms. The van der Waals surface area contributed by atoms with Gasteiger partial charge in [0.05, 0.1) is 26.0 Å². The van der Waals surface area contributed by atoms with Crippen LogP contribution in [0, 0.1) is 18.3 Å². The fourth-order valence-electron chi connectivity index (χ4n) is 3.77. The van der Waals surface area contributed by atoms with Crippen molar-refractivity contribution in [3.63, 3.8) is 0 Å². The topological polar surface area (TPSA) is 115 Å². The lowest BCUT2D eigenvalue weighted by atomic mass is 10.0. The lowest BCUT2D eigenvalue weighted by Crippen LogP contribution is -2.33. The van der Waals surface area contributed by atoms with Crippen molar-refractivity contribution in [3.8, 4) is 17.6 Å². The lowest BCUT2D eigenvalue weighted by Gasteiger charge is -2.15. The molecule has 0 fully saturated rings. The molecule has 1 N–H and O–H groups in total. The molecule has 0 aliphatic rings. The van der Waals surface area contributed by atoms with Crippen molar-refractivity contribution in [2.24, 2.45) is 5.10 Å². The number of fused-ring (bicyclic) bond motifs is 1. The van der Waals surface area contributed by atoms with Crippen molar-refractivity contribution in [1.82, 2.24) is 9.99 Å². The molecule has 0 unspecified atom stereocenters. The molecule has 188 valence electrons. The van der Waals surface area contributed by atoms with E-state index in [1.54, 1.807) is 6.92 Å². The predicted octanol–water partition coefficient (Wildman–Crippen LogP) is 4.04. The van der Waals surface area contributed by atoms with Gasteiger partial charge in [0.25, 0.3) is 11.5 Å². The van der Waals surface area contributed by atoms with Crippen molar-refractivity contribution >= 4 is 38.8 Å². The average molecular weight is 555 g/mol. The van der Waals surface area contributed by atoms with Crippen LogP contribution >= 0.6 is 15.9 Å². The number of ether oxygens (including phenoxy) is 3. The number of amides is 1. The van der Waals surface area contributed by atoms with Crippen LogP contribution in [0.3, 0.4) is 0 Å². The summed E-state index contributed by atoms with van der Waals surface area (Å²) in [5, 5.41) is 15.4. The molecule has 2 aromatic carbocycles. The molecule has 0 aliphatic heterocycles.